The predicted octanol–water partition coefficient (Wildman–Crippen LogP) is 3.21. The standard InChI is InChI=1S/C19H25N5O/c1-13-5-10-18(25)24(23-13)16-8-6-15(7-9-16)21-17-11-12-20-19(22-17)14-3-2-4-14/h5,10-12,14-16H,2-4,6-9H2,1H3,(H,20,21,22). The third kappa shape index (κ3) is 3.57. The molecule has 2 aromatic heterocycles. The molecule has 2 saturated carbocycles. The second-order valence-electron chi connectivity index (χ2n) is 7.34. The van der Waals surface area contributed by atoms with Crippen molar-refractivity contribution >= 4 is 5.82 Å². The summed E-state index contributed by atoms with van der Waals surface area (Å²) in [5, 5.41) is 7.98. The molecule has 1 N–H and O–H groups in total. The lowest BCUT2D eigenvalue weighted by Gasteiger charge is -2.30. The molecule has 2 fully saturated rings. The normalized spacial score (nSPS) is 23.9. The Morgan fingerprint density at radius 2 is 1.88 bits per heavy atom. The first kappa shape index (κ1) is 16.2. The summed E-state index contributed by atoms with van der Waals surface area (Å²) in [6.07, 6.45) is 9.57. The summed E-state index contributed by atoms with van der Waals surface area (Å²) in [6, 6.07) is 5.97. The Morgan fingerprint density at radius 3 is 2.60 bits per heavy atom. The number of aryl methyl sites for hydroxylation is 1. The molecule has 4 rings (SSSR count). The topological polar surface area (TPSA) is 72.7 Å². The van der Waals surface area contributed by atoms with Gasteiger partial charge in [-0.15, -0.1) is 0 Å². The number of nitrogens with one attached hydrogen (secondary N) is 1. The van der Waals surface area contributed by atoms with Crippen LogP contribution >= 0.6 is 0 Å². The number of rotatable bonds is 4. The van der Waals surface area contributed by atoms with Gasteiger partial charge in [-0.1, -0.05) is 6.42 Å². The zero-order valence-corrected chi connectivity index (χ0v) is 14.7. The van der Waals surface area contributed by atoms with Crippen molar-refractivity contribution in [3.8, 4) is 0 Å². The molecule has 6 nitrogen and oxygen atoms in total. The smallest absolute Gasteiger partial charge is 0.267 e. The second-order valence-corrected chi connectivity index (χ2v) is 7.34. The summed E-state index contributed by atoms with van der Waals surface area (Å²) in [4.78, 5) is 21.2. The highest BCUT2D eigenvalue weighted by Crippen LogP contribution is 2.34. The monoisotopic (exact) mass is 339 g/mol. The van der Waals surface area contributed by atoms with E-state index in [1.807, 2.05) is 19.2 Å². The lowest BCUT2D eigenvalue weighted by atomic mass is 9.85. The minimum Gasteiger partial charge on any atom is -0.367 e. The SMILES string of the molecule is Cc1ccc(=O)n(C2CCC(Nc3ccnc(C4CCC4)n3)CC2)n1. The van der Waals surface area contributed by atoms with E-state index < -0.39 is 0 Å². The van der Waals surface area contributed by atoms with Crippen LogP contribution in [0, 0.1) is 6.92 Å². The molecule has 132 valence electrons. The van der Waals surface area contributed by atoms with Gasteiger partial charge in [0.15, 0.2) is 0 Å². The van der Waals surface area contributed by atoms with E-state index in [1.54, 1.807) is 16.8 Å². The van der Waals surface area contributed by atoms with Gasteiger partial charge in [-0.25, -0.2) is 14.6 Å². The number of hydrogen-bond donors (Lipinski definition) is 1. The Morgan fingerprint density at radius 1 is 1.08 bits per heavy atom. The molecule has 0 radical (unpaired) electrons. The zero-order valence-electron chi connectivity index (χ0n) is 14.7. The third-order valence-corrected chi connectivity index (χ3v) is 5.50. The van der Waals surface area contributed by atoms with E-state index >= 15 is 0 Å². The highest BCUT2D eigenvalue weighted by molar-refractivity contribution is 5.35. The van der Waals surface area contributed by atoms with E-state index in [-0.39, 0.29) is 11.6 Å². The lowest BCUT2D eigenvalue weighted by Crippen LogP contribution is -2.33. The van der Waals surface area contributed by atoms with Crippen molar-refractivity contribution < 1.29 is 0 Å². The molecule has 0 aromatic carbocycles. The second kappa shape index (κ2) is 6.94. The summed E-state index contributed by atoms with van der Waals surface area (Å²) in [5.41, 5.74) is 0.896. The van der Waals surface area contributed by atoms with Gasteiger partial charge >= 0.3 is 0 Å². The molecule has 6 heteroatoms. The van der Waals surface area contributed by atoms with Crippen LogP contribution < -0.4 is 10.9 Å². The first-order valence-corrected chi connectivity index (χ1v) is 9.35. The van der Waals surface area contributed by atoms with Gasteiger partial charge in [0, 0.05) is 24.2 Å². The largest absolute Gasteiger partial charge is 0.367 e. The van der Waals surface area contributed by atoms with E-state index in [2.05, 4.69) is 15.4 Å². The van der Waals surface area contributed by atoms with Gasteiger partial charge in [-0.3, -0.25) is 4.79 Å². The fraction of sp³-hybridized carbons (Fsp3) is 0.579. The summed E-state index contributed by atoms with van der Waals surface area (Å²) in [6.45, 7) is 1.93. The first-order chi connectivity index (χ1) is 12.2. The summed E-state index contributed by atoms with van der Waals surface area (Å²) in [7, 11) is 0. The quantitative estimate of drug-likeness (QED) is 0.926. The van der Waals surface area contributed by atoms with Crippen LogP contribution in [-0.2, 0) is 0 Å². The van der Waals surface area contributed by atoms with Crippen molar-refractivity contribution in [1.29, 1.82) is 0 Å². The maximum atomic E-state index is 12.0. The average molecular weight is 339 g/mol. The van der Waals surface area contributed by atoms with E-state index in [0.717, 1.165) is 43.0 Å². The van der Waals surface area contributed by atoms with E-state index in [1.165, 1.54) is 19.3 Å². The molecule has 2 aromatic rings. The minimum absolute atomic E-state index is 0.00273. The fourth-order valence-electron chi connectivity index (χ4n) is 3.77. The molecular formula is C19H25N5O. The molecule has 2 aliphatic rings. The van der Waals surface area contributed by atoms with Crippen LogP contribution in [-0.4, -0.2) is 25.8 Å². The van der Waals surface area contributed by atoms with Crippen LogP contribution in [0.1, 0.15) is 68.4 Å². The van der Waals surface area contributed by atoms with Gasteiger partial charge in [0.1, 0.15) is 11.6 Å². The van der Waals surface area contributed by atoms with E-state index in [9.17, 15) is 4.79 Å². The number of hydrogen-bond acceptors (Lipinski definition) is 5. The van der Waals surface area contributed by atoms with Crippen LogP contribution in [0.15, 0.2) is 29.2 Å². The maximum absolute atomic E-state index is 12.0. The predicted molar refractivity (Wildman–Crippen MR) is 96.8 cm³/mol. The Balaban J connectivity index is 1.37. The molecule has 2 aliphatic carbocycles. The van der Waals surface area contributed by atoms with Crippen molar-refractivity contribution in [2.75, 3.05) is 5.32 Å². The van der Waals surface area contributed by atoms with Gasteiger partial charge in [-0.2, -0.15) is 5.10 Å². The number of anilines is 1. The molecular weight excluding hydrogens is 314 g/mol. The molecule has 0 aliphatic heterocycles. The molecule has 0 atom stereocenters. The molecule has 0 amide bonds. The van der Waals surface area contributed by atoms with Gasteiger partial charge < -0.3 is 5.32 Å². The molecule has 0 bridgehead atoms. The number of nitrogens with zero attached hydrogens (tertiary/aromatic N) is 4. The Hall–Kier alpha value is -2.24. The Kier molecular flexibility index (Phi) is 4.51. The first-order valence-electron chi connectivity index (χ1n) is 9.35. The molecule has 2 heterocycles. The minimum atomic E-state index is 0.00273. The van der Waals surface area contributed by atoms with Crippen molar-refractivity contribution in [2.24, 2.45) is 0 Å². The van der Waals surface area contributed by atoms with E-state index in [4.69, 9.17) is 4.98 Å². The van der Waals surface area contributed by atoms with Crippen LogP contribution in [0.5, 0.6) is 0 Å². The van der Waals surface area contributed by atoms with E-state index in [0.29, 0.717) is 12.0 Å². The molecule has 0 spiro atoms. The highest BCUT2D eigenvalue weighted by atomic mass is 16.1. The molecule has 0 saturated heterocycles. The fourth-order valence-corrected chi connectivity index (χ4v) is 3.77. The molecule has 0 unspecified atom stereocenters. The van der Waals surface area contributed by atoms with Crippen LogP contribution in [0.3, 0.4) is 0 Å². The van der Waals surface area contributed by atoms with Crippen LogP contribution in [0.4, 0.5) is 5.82 Å². The summed E-state index contributed by atoms with van der Waals surface area (Å²) in [5.74, 6) is 2.48. The Bertz CT molecular complexity index is 790. The van der Waals surface area contributed by atoms with Gasteiger partial charge in [-0.05, 0) is 57.6 Å². The number of aromatic nitrogens is 4. The summed E-state index contributed by atoms with van der Waals surface area (Å²) >= 11 is 0. The third-order valence-electron chi connectivity index (χ3n) is 5.50. The summed E-state index contributed by atoms with van der Waals surface area (Å²) < 4.78 is 1.67. The van der Waals surface area contributed by atoms with Gasteiger partial charge in [0.05, 0.1) is 11.7 Å². The highest BCUT2D eigenvalue weighted by Gasteiger charge is 2.25. The maximum Gasteiger partial charge on any atom is 0.267 e. The molecule has 25 heavy (non-hydrogen) atoms. The average Bonchev–Trinajstić information content (AvgIpc) is 2.57. The van der Waals surface area contributed by atoms with Crippen molar-refractivity contribution in [1.82, 2.24) is 19.7 Å². The van der Waals surface area contributed by atoms with Crippen molar-refractivity contribution in [2.45, 2.75) is 69.9 Å². The van der Waals surface area contributed by atoms with Crippen LogP contribution in [0.2, 0.25) is 0 Å². The van der Waals surface area contributed by atoms with Gasteiger partial charge in [0.2, 0.25) is 0 Å². The van der Waals surface area contributed by atoms with Crippen molar-refractivity contribution in [3.05, 3.63) is 46.3 Å². The zero-order chi connectivity index (χ0) is 17.2. The van der Waals surface area contributed by atoms with Crippen molar-refractivity contribution in [3.63, 3.8) is 0 Å². The van der Waals surface area contributed by atoms with Gasteiger partial charge in [0.25, 0.3) is 5.56 Å². The van der Waals surface area contributed by atoms with Crippen LogP contribution in [0.25, 0.3) is 0 Å². The Labute approximate surface area is 147 Å². The lowest BCUT2D eigenvalue weighted by molar-refractivity contribution is 0.302.